The Hall–Kier alpha value is -1.36. The first kappa shape index (κ1) is 23.9. The third-order valence-electron chi connectivity index (χ3n) is 4.56. The summed E-state index contributed by atoms with van der Waals surface area (Å²) in [6, 6.07) is 0. The Morgan fingerprint density at radius 3 is 2.41 bits per heavy atom. The van der Waals surface area contributed by atoms with E-state index in [9.17, 15) is 31.1 Å². The highest BCUT2D eigenvalue weighted by Gasteiger charge is 2.30. The number of hydrogen-bond donors (Lipinski definition) is 0. The Kier molecular flexibility index (Phi) is 8.74. The summed E-state index contributed by atoms with van der Waals surface area (Å²) >= 11 is 1.16. The lowest BCUT2D eigenvalue weighted by Crippen LogP contribution is -2.27. The molecule has 11 heteroatoms. The predicted molar refractivity (Wildman–Crippen MR) is 96.3 cm³/mol. The lowest BCUT2D eigenvalue weighted by molar-refractivity contribution is -0.153. The summed E-state index contributed by atoms with van der Waals surface area (Å²) in [4.78, 5) is 18.8. The number of halogens is 6. The monoisotopic (exact) mass is 446 g/mol. The van der Waals surface area contributed by atoms with Gasteiger partial charge < -0.3 is 9.64 Å². The summed E-state index contributed by atoms with van der Waals surface area (Å²) in [6.45, 7) is 0.964. The van der Waals surface area contributed by atoms with Crippen molar-refractivity contribution in [3.05, 3.63) is 10.6 Å². The number of hydrogen-bond acceptors (Lipinski definition) is 5. The zero-order valence-electron chi connectivity index (χ0n) is 15.9. The van der Waals surface area contributed by atoms with Crippen molar-refractivity contribution >= 4 is 17.1 Å². The van der Waals surface area contributed by atoms with Gasteiger partial charge in [-0.25, -0.2) is 4.98 Å². The van der Waals surface area contributed by atoms with Crippen LogP contribution in [0.3, 0.4) is 0 Å². The first-order chi connectivity index (χ1) is 13.5. The van der Waals surface area contributed by atoms with Gasteiger partial charge in [0.1, 0.15) is 5.78 Å². The zero-order valence-corrected chi connectivity index (χ0v) is 16.7. The van der Waals surface area contributed by atoms with Crippen molar-refractivity contribution < 1.29 is 35.9 Å². The van der Waals surface area contributed by atoms with Gasteiger partial charge in [-0.05, 0) is 25.8 Å². The van der Waals surface area contributed by atoms with Gasteiger partial charge >= 0.3 is 12.4 Å². The van der Waals surface area contributed by atoms with Crippen LogP contribution in [0.15, 0.2) is 0 Å². The first-order valence-corrected chi connectivity index (χ1v) is 10.3. The molecule has 4 nitrogen and oxygen atoms in total. The van der Waals surface area contributed by atoms with E-state index in [1.165, 1.54) is 0 Å². The average Bonchev–Trinajstić information content (AvgIpc) is 2.91. The van der Waals surface area contributed by atoms with Gasteiger partial charge in [-0.15, -0.1) is 0 Å². The van der Waals surface area contributed by atoms with Crippen LogP contribution in [0, 0.1) is 0 Å². The molecule has 0 N–H and O–H groups in total. The standard InChI is InChI=1S/C18H24F6N2O2S/c19-17(20,21)8-5-13(27)4-2-1-3-9-26-10-6-14-15(7-11-26)29-16(25-14)28-12-18(22,23)24/h1-12H2. The molecule has 0 radical (unpaired) electrons. The molecule has 1 aliphatic rings. The molecule has 0 fully saturated rings. The van der Waals surface area contributed by atoms with Crippen molar-refractivity contribution in [2.24, 2.45) is 0 Å². The Morgan fingerprint density at radius 1 is 1.00 bits per heavy atom. The van der Waals surface area contributed by atoms with E-state index in [1.807, 2.05) is 0 Å². The molecule has 0 unspecified atom stereocenters. The van der Waals surface area contributed by atoms with E-state index < -0.39 is 31.8 Å². The van der Waals surface area contributed by atoms with Crippen molar-refractivity contribution in [3.63, 3.8) is 0 Å². The van der Waals surface area contributed by atoms with Gasteiger partial charge in [0.25, 0.3) is 5.19 Å². The molecule has 2 rings (SSSR count). The number of nitrogens with zero attached hydrogens (tertiary/aromatic N) is 2. The number of fused-ring (bicyclic) bond motifs is 1. The number of carbonyl (C=O) groups excluding carboxylic acids is 1. The van der Waals surface area contributed by atoms with E-state index in [-0.39, 0.29) is 17.4 Å². The van der Waals surface area contributed by atoms with Crippen molar-refractivity contribution in [1.82, 2.24) is 9.88 Å². The first-order valence-electron chi connectivity index (χ1n) is 9.51. The van der Waals surface area contributed by atoms with Crippen LogP contribution >= 0.6 is 11.3 Å². The van der Waals surface area contributed by atoms with Crippen LogP contribution in [-0.2, 0) is 17.6 Å². The summed E-state index contributed by atoms with van der Waals surface area (Å²) in [7, 11) is 0. The molecule has 0 saturated heterocycles. The number of rotatable bonds is 10. The number of thiazole rings is 1. The highest BCUT2D eigenvalue weighted by Crippen LogP contribution is 2.29. The lowest BCUT2D eigenvalue weighted by atomic mass is 10.1. The van der Waals surface area contributed by atoms with Gasteiger partial charge in [0.15, 0.2) is 6.61 Å². The van der Waals surface area contributed by atoms with E-state index in [1.54, 1.807) is 0 Å². The van der Waals surface area contributed by atoms with Gasteiger partial charge in [-0.3, -0.25) is 4.79 Å². The summed E-state index contributed by atoms with van der Waals surface area (Å²) in [5.41, 5.74) is 0.782. The van der Waals surface area contributed by atoms with Crippen molar-refractivity contribution in [2.45, 2.75) is 63.7 Å². The molecule has 166 valence electrons. The largest absolute Gasteiger partial charge is 0.460 e. The maximum absolute atomic E-state index is 12.2. The van der Waals surface area contributed by atoms with Crippen LogP contribution in [0.1, 0.15) is 49.1 Å². The van der Waals surface area contributed by atoms with Gasteiger partial charge in [0.05, 0.1) is 12.1 Å². The summed E-state index contributed by atoms with van der Waals surface area (Å²) in [6.07, 6.45) is -6.47. The summed E-state index contributed by atoms with van der Waals surface area (Å²) in [5.74, 6) is -0.351. The van der Waals surface area contributed by atoms with Crippen LogP contribution in [0.5, 0.6) is 5.19 Å². The third-order valence-corrected chi connectivity index (χ3v) is 5.63. The van der Waals surface area contributed by atoms with Gasteiger partial charge in [0, 0.05) is 37.2 Å². The van der Waals surface area contributed by atoms with Crippen molar-refractivity contribution in [2.75, 3.05) is 26.2 Å². The topological polar surface area (TPSA) is 42.4 Å². The fourth-order valence-corrected chi connectivity index (χ4v) is 4.00. The molecule has 0 bridgehead atoms. The number of aromatic nitrogens is 1. The smallest absolute Gasteiger partial charge is 0.422 e. The Morgan fingerprint density at radius 2 is 1.72 bits per heavy atom. The maximum Gasteiger partial charge on any atom is 0.422 e. The molecule has 0 aromatic carbocycles. The molecule has 0 aliphatic carbocycles. The number of alkyl halides is 6. The molecule has 2 heterocycles. The highest BCUT2D eigenvalue weighted by atomic mass is 32.1. The Bertz CT molecular complexity index is 634. The molecular weight excluding hydrogens is 422 g/mol. The number of carbonyl (C=O) groups is 1. The molecule has 0 atom stereocenters. The number of unbranched alkanes of at least 4 members (excludes halogenated alkanes) is 2. The number of ether oxygens (including phenoxy) is 1. The quantitative estimate of drug-likeness (QED) is 0.377. The molecule has 0 saturated carbocycles. The SMILES string of the molecule is O=C(CCCCCN1CCc2nc(OCC(F)(F)F)sc2CC1)CCC(F)(F)F. The Labute approximate surface area is 169 Å². The second-order valence-electron chi connectivity index (χ2n) is 7.06. The highest BCUT2D eigenvalue weighted by molar-refractivity contribution is 7.13. The molecule has 0 amide bonds. The minimum atomic E-state index is -4.39. The second kappa shape index (κ2) is 10.6. The molecule has 29 heavy (non-hydrogen) atoms. The van der Waals surface area contributed by atoms with Crippen molar-refractivity contribution in [1.29, 1.82) is 0 Å². The van der Waals surface area contributed by atoms with Crippen molar-refractivity contribution in [3.8, 4) is 5.19 Å². The molecular formula is C18H24F6N2O2S. The third kappa shape index (κ3) is 9.79. The van der Waals surface area contributed by atoms with E-state index >= 15 is 0 Å². The van der Waals surface area contributed by atoms with E-state index in [4.69, 9.17) is 4.74 Å². The summed E-state index contributed by atoms with van der Waals surface area (Å²) in [5, 5.41) is 0.0518. The van der Waals surface area contributed by atoms with Crippen LogP contribution < -0.4 is 4.74 Å². The van der Waals surface area contributed by atoms with Crippen LogP contribution in [0.2, 0.25) is 0 Å². The predicted octanol–water partition coefficient (Wildman–Crippen LogP) is 4.96. The normalized spacial score (nSPS) is 15.8. The fourth-order valence-electron chi connectivity index (χ4n) is 3.06. The van der Waals surface area contributed by atoms with Gasteiger partial charge in [0.2, 0.25) is 0 Å². The average molecular weight is 446 g/mol. The number of Topliss-reactive ketones (excluding diaryl/α,β-unsaturated/α-hetero) is 1. The van der Waals surface area contributed by atoms with E-state index in [2.05, 4.69) is 9.88 Å². The zero-order chi connectivity index (χ0) is 21.5. The maximum atomic E-state index is 12.2. The van der Waals surface area contributed by atoms with E-state index in [0.29, 0.717) is 19.3 Å². The van der Waals surface area contributed by atoms with Crippen LogP contribution in [0.25, 0.3) is 0 Å². The minimum Gasteiger partial charge on any atom is -0.460 e. The van der Waals surface area contributed by atoms with Crippen LogP contribution in [-0.4, -0.2) is 54.3 Å². The summed E-state index contributed by atoms with van der Waals surface area (Å²) < 4.78 is 77.6. The van der Waals surface area contributed by atoms with Gasteiger partial charge in [-0.1, -0.05) is 17.8 Å². The number of ketones is 1. The second-order valence-corrected chi connectivity index (χ2v) is 8.11. The van der Waals surface area contributed by atoms with Gasteiger partial charge in [-0.2, -0.15) is 26.3 Å². The minimum absolute atomic E-state index is 0.0518. The van der Waals surface area contributed by atoms with Crippen LogP contribution in [0.4, 0.5) is 26.3 Å². The molecule has 1 aromatic rings. The molecule has 1 aliphatic heterocycles. The lowest BCUT2D eigenvalue weighted by Gasteiger charge is -2.19. The fraction of sp³-hybridized carbons (Fsp3) is 0.778. The molecule has 0 spiro atoms. The molecule has 1 aromatic heterocycles. The van der Waals surface area contributed by atoms with E-state index in [0.717, 1.165) is 54.4 Å². The Balaban J connectivity index is 1.61.